The van der Waals surface area contributed by atoms with Gasteiger partial charge in [-0.15, -0.1) is 0 Å². The van der Waals surface area contributed by atoms with Crippen LogP contribution < -0.4 is 5.32 Å². The molecule has 9 heteroatoms. The predicted molar refractivity (Wildman–Crippen MR) is 78.3 cm³/mol. The van der Waals surface area contributed by atoms with Crippen LogP contribution in [0.5, 0.6) is 0 Å². The van der Waals surface area contributed by atoms with E-state index in [-0.39, 0.29) is 0 Å². The molecule has 3 aliphatic rings. The molecule has 1 N–H and O–H groups in total. The molecular formula is C11H14ClN5O2S. The Balaban J connectivity index is 1.79. The average molecular weight is 316 g/mol. The molecular weight excluding hydrogens is 302 g/mol. The summed E-state index contributed by atoms with van der Waals surface area (Å²) < 4.78 is 11.3. The fourth-order valence-electron chi connectivity index (χ4n) is 2.29. The van der Waals surface area contributed by atoms with E-state index >= 15 is 0 Å². The third-order valence-corrected chi connectivity index (χ3v) is 5.74. The van der Waals surface area contributed by atoms with Crippen molar-refractivity contribution in [1.29, 1.82) is 5.26 Å². The van der Waals surface area contributed by atoms with Gasteiger partial charge in [0.05, 0.1) is 37.7 Å². The van der Waals surface area contributed by atoms with Gasteiger partial charge in [-0.25, -0.2) is 4.99 Å². The second-order valence-electron chi connectivity index (χ2n) is 4.61. The number of guanidine groups is 1. The van der Waals surface area contributed by atoms with Crippen molar-refractivity contribution in [2.24, 2.45) is 9.98 Å². The van der Waals surface area contributed by atoms with Gasteiger partial charge in [0, 0.05) is 6.20 Å². The number of nitrogens with one attached hydrogen (secondary N) is 1. The number of aliphatic imine (C=N–C) groups is 2. The molecule has 0 aromatic rings. The van der Waals surface area contributed by atoms with Gasteiger partial charge >= 0.3 is 0 Å². The third kappa shape index (κ3) is 2.62. The topological polar surface area (TPSA) is 82.2 Å². The molecule has 0 radical (unpaired) electrons. The summed E-state index contributed by atoms with van der Waals surface area (Å²) in [7, 11) is 4.91. The maximum atomic E-state index is 8.82. The Morgan fingerprint density at radius 3 is 3.00 bits per heavy atom. The Kier molecular flexibility index (Phi) is 3.60. The molecule has 20 heavy (non-hydrogen) atoms. The number of hydrogen-bond donors (Lipinski definition) is 1. The smallest absolute Gasteiger partial charge is 0.208 e. The summed E-state index contributed by atoms with van der Waals surface area (Å²) in [5.74, 6) is 0.294. The molecule has 1 unspecified atom stereocenters. The number of ether oxygens (including phenoxy) is 2. The van der Waals surface area contributed by atoms with Crippen molar-refractivity contribution in [2.45, 2.75) is 5.79 Å². The first-order valence-electron chi connectivity index (χ1n) is 6.08. The van der Waals surface area contributed by atoms with Gasteiger partial charge in [-0.2, -0.15) is 5.26 Å². The summed E-state index contributed by atoms with van der Waals surface area (Å²) in [6, 6.07) is 0. The number of nitrogens with zero attached hydrogens (tertiary/aromatic N) is 4. The van der Waals surface area contributed by atoms with Crippen LogP contribution in [0.3, 0.4) is 0 Å². The highest BCUT2D eigenvalue weighted by Crippen LogP contribution is 2.55. The molecule has 1 fully saturated rings. The van der Waals surface area contributed by atoms with Crippen LogP contribution in [0, 0.1) is 11.5 Å². The molecule has 0 aromatic heterocycles. The number of rotatable bonds is 2. The zero-order valence-electron chi connectivity index (χ0n) is 10.7. The van der Waals surface area contributed by atoms with Gasteiger partial charge < -0.3 is 14.4 Å². The van der Waals surface area contributed by atoms with E-state index < -0.39 is 15.0 Å². The Labute approximate surface area is 122 Å². The lowest BCUT2D eigenvalue weighted by atomic mass is 10.2. The Morgan fingerprint density at radius 1 is 1.55 bits per heavy atom. The SMILES string of the molecule is N#CNC1=NCC2(CN1CS1(Cl)C=CN=C1)OCCO2. The van der Waals surface area contributed by atoms with Crippen LogP contribution in [0.15, 0.2) is 21.6 Å². The minimum Gasteiger partial charge on any atom is -0.344 e. The normalized spacial score (nSPS) is 33.8. The zero-order chi connectivity index (χ0) is 14.1. The van der Waals surface area contributed by atoms with E-state index in [2.05, 4.69) is 15.3 Å². The van der Waals surface area contributed by atoms with Crippen molar-refractivity contribution >= 4 is 31.4 Å². The lowest BCUT2D eigenvalue weighted by molar-refractivity contribution is -0.158. The van der Waals surface area contributed by atoms with Crippen LogP contribution >= 0.6 is 19.9 Å². The predicted octanol–water partition coefficient (Wildman–Crippen LogP) is 0.901. The molecule has 108 valence electrons. The summed E-state index contributed by atoms with van der Waals surface area (Å²) in [6.45, 7) is 1.99. The highest BCUT2D eigenvalue weighted by Gasteiger charge is 2.43. The first kappa shape index (κ1) is 13.7. The lowest BCUT2D eigenvalue weighted by Gasteiger charge is -2.40. The van der Waals surface area contributed by atoms with E-state index in [4.69, 9.17) is 25.4 Å². The zero-order valence-corrected chi connectivity index (χ0v) is 12.2. The van der Waals surface area contributed by atoms with Gasteiger partial charge in [-0.05, 0) is 5.41 Å². The van der Waals surface area contributed by atoms with E-state index in [1.54, 1.807) is 11.7 Å². The quantitative estimate of drug-likeness (QED) is 0.605. The average Bonchev–Trinajstić information content (AvgIpc) is 3.04. The van der Waals surface area contributed by atoms with Crippen LogP contribution in [-0.4, -0.2) is 54.4 Å². The summed E-state index contributed by atoms with van der Waals surface area (Å²) in [4.78, 5) is 10.3. The second kappa shape index (κ2) is 5.26. The van der Waals surface area contributed by atoms with Crippen molar-refractivity contribution in [3.05, 3.63) is 11.6 Å². The molecule has 3 rings (SSSR count). The largest absolute Gasteiger partial charge is 0.344 e. The van der Waals surface area contributed by atoms with E-state index in [1.165, 1.54) is 0 Å². The maximum absolute atomic E-state index is 8.82. The number of hydrogen-bond acceptors (Lipinski definition) is 7. The lowest BCUT2D eigenvalue weighted by Crippen LogP contribution is -2.55. The molecule has 7 nitrogen and oxygen atoms in total. The molecule has 1 saturated heterocycles. The fourth-order valence-corrected chi connectivity index (χ4v) is 4.38. The molecule has 3 heterocycles. The summed E-state index contributed by atoms with van der Waals surface area (Å²) >= 11 is 0. The van der Waals surface area contributed by atoms with Crippen LogP contribution in [0.25, 0.3) is 0 Å². The monoisotopic (exact) mass is 315 g/mol. The van der Waals surface area contributed by atoms with E-state index in [0.717, 1.165) is 0 Å². The van der Waals surface area contributed by atoms with Crippen molar-refractivity contribution in [3.63, 3.8) is 0 Å². The van der Waals surface area contributed by atoms with Crippen LogP contribution in [0.4, 0.5) is 0 Å². The molecule has 0 saturated carbocycles. The second-order valence-corrected chi connectivity index (χ2v) is 8.59. The highest BCUT2D eigenvalue weighted by molar-refractivity contribution is 8.62. The van der Waals surface area contributed by atoms with E-state index in [0.29, 0.717) is 38.1 Å². The molecule has 1 spiro atoms. The third-order valence-electron chi connectivity index (χ3n) is 3.15. The molecule has 0 aliphatic carbocycles. The first-order chi connectivity index (χ1) is 9.65. The van der Waals surface area contributed by atoms with E-state index in [1.807, 2.05) is 16.5 Å². The fraction of sp³-hybridized carbons (Fsp3) is 0.545. The Bertz CT molecular complexity index is 511. The summed E-state index contributed by atoms with van der Waals surface area (Å²) in [5.41, 5.74) is 1.75. The van der Waals surface area contributed by atoms with Gasteiger partial charge in [0.1, 0.15) is 0 Å². The minimum atomic E-state index is -1.62. The summed E-state index contributed by atoms with van der Waals surface area (Å²) in [6.07, 6.45) is 3.59. The van der Waals surface area contributed by atoms with Gasteiger partial charge in [0.15, 0.2) is 6.19 Å². The highest BCUT2D eigenvalue weighted by atomic mass is 35.7. The molecule has 0 aromatic carbocycles. The van der Waals surface area contributed by atoms with Gasteiger partial charge in [-0.3, -0.25) is 10.3 Å². The molecule has 3 aliphatic heterocycles. The number of nitriles is 1. The Hall–Kier alpha value is -1.27. The maximum Gasteiger partial charge on any atom is 0.208 e. The summed E-state index contributed by atoms with van der Waals surface area (Å²) in [5, 5.41) is 13.3. The van der Waals surface area contributed by atoms with Crippen LogP contribution in [0.1, 0.15) is 0 Å². The standard InChI is InChI=1S/C11H14ClN5O2S/c12-20(4-1-14-8-20)9-17-6-11(18-2-3-19-11)5-15-10(17)16-7-13/h1,4,8H,2-3,5-6,9H2,(H,15,16). The first-order valence-corrected chi connectivity index (χ1v) is 8.83. The van der Waals surface area contributed by atoms with Crippen LogP contribution in [-0.2, 0) is 9.47 Å². The van der Waals surface area contributed by atoms with Crippen LogP contribution in [0.2, 0.25) is 0 Å². The van der Waals surface area contributed by atoms with Gasteiger partial charge in [0.25, 0.3) is 0 Å². The van der Waals surface area contributed by atoms with Crippen molar-refractivity contribution < 1.29 is 9.47 Å². The Morgan fingerprint density at radius 2 is 2.35 bits per heavy atom. The van der Waals surface area contributed by atoms with Crippen molar-refractivity contribution in [2.75, 3.05) is 32.2 Å². The van der Waals surface area contributed by atoms with Crippen molar-refractivity contribution in [3.8, 4) is 6.19 Å². The molecule has 0 bridgehead atoms. The number of halogens is 1. The molecule has 1 atom stereocenters. The van der Waals surface area contributed by atoms with Gasteiger partial charge in [-0.1, -0.05) is 19.9 Å². The van der Waals surface area contributed by atoms with E-state index in [9.17, 15) is 0 Å². The minimum absolute atomic E-state index is 0.377. The van der Waals surface area contributed by atoms with Crippen molar-refractivity contribution in [1.82, 2.24) is 10.2 Å². The van der Waals surface area contributed by atoms with Gasteiger partial charge in [0.2, 0.25) is 11.7 Å². The molecule has 0 amide bonds.